The number of nitrogens with zero attached hydrogens (tertiary/aromatic N) is 1. The standard InChI is InChI=1S/C11H12F3N3O3/c1-2-6(10(15)17-20)16-11(19)4-3-5(12)8(14)9(18)7(4)13/h3,6,18,20H,2H2,1H3,(H2,15,17)(H,16,19). The van der Waals surface area contributed by atoms with Crippen molar-refractivity contribution in [2.24, 2.45) is 10.9 Å². The van der Waals surface area contributed by atoms with E-state index in [2.05, 4.69) is 10.5 Å². The lowest BCUT2D eigenvalue weighted by atomic mass is 10.1. The third-order valence-corrected chi connectivity index (χ3v) is 2.56. The first-order valence-corrected chi connectivity index (χ1v) is 5.48. The summed E-state index contributed by atoms with van der Waals surface area (Å²) in [5.74, 6) is -8.04. The normalized spacial score (nSPS) is 13.1. The van der Waals surface area contributed by atoms with Crippen LogP contribution < -0.4 is 11.1 Å². The Morgan fingerprint density at radius 1 is 1.45 bits per heavy atom. The van der Waals surface area contributed by atoms with Gasteiger partial charge in [-0.15, -0.1) is 0 Å². The Morgan fingerprint density at radius 2 is 2.05 bits per heavy atom. The largest absolute Gasteiger partial charge is 0.503 e. The number of amidine groups is 1. The third kappa shape index (κ3) is 2.92. The lowest BCUT2D eigenvalue weighted by Crippen LogP contribution is -2.44. The predicted octanol–water partition coefficient (Wildman–Crippen LogP) is 1.06. The zero-order valence-corrected chi connectivity index (χ0v) is 10.3. The van der Waals surface area contributed by atoms with Crippen molar-refractivity contribution < 1.29 is 28.3 Å². The van der Waals surface area contributed by atoms with Gasteiger partial charge in [0.05, 0.1) is 11.6 Å². The number of carbonyl (C=O) groups excluding carboxylic acids is 1. The smallest absolute Gasteiger partial charge is 0.255 e. The molecule has 110 valence electrons. The van der Waals surface area contributed by atoms with Crippen LogP contribution in [0, 0.1) is 17.5 Å². The highest BCUT2D eigenvalue weighted by molar-refractivity contribution is 5.98. The molecule has 0 heterocycles. The Hall–Kier alpha value is -2.45. The van der Waals surface area contributed by atoms with Gasteiger partial charge in [-0.3, -0.25) is 4.79 Å². The molecule has 0 spiro atoms. The van der Waals surface area contributed by atoms with Gasteiger partial charge in [0.2, 0.25) is 5.82 Å². The molecule has 1 aromatic carbocycles. The first-order valence-electron chi connectivity index (χ1n) is 5.48. The number of hydrogen-bond donors (Lipinski definition) is 4. The SMILES string of the molecule is CCC(NC(=O)c1cc(F)c(F)c(O)c1F)/C(N)=N/O. The fourth-order valence-corrected chi connectivity index (χ4v) is 1.45. The Kier molecular flexibility index (Phi) is 4.78. The second kappa shape index (κ2) is 6.13. The predicted molar refractivity (Wildman–Crippen MR) is 62.9 cm³/mol. The second-order valence-electron chi connectivity index (χ2n) is 3.84. The summed E-state index contributed by atoms with van der Waals surface area (Å²) in [6.45, 7) is 1.59. The van der Waals surface area contributed by atoms with Crippen molar-refractivity contribution >= 4 is 11.7 Å². The molecule has 0 saturated heterocycles. The number of hydrogen-bond acceptors (Lipinski definition) is 4. The maximum Gasteiger partial charge on any atom is 0.255 e. The summed E-state index contributed by atoms with van der Waals surface area (Å²) < 4.78 is 39.4. The van der Waals surface area contributed by atoms with Gasteiger partial charge in [-0.25, -0.2) is 8.78 Å². The zero-order chi connectivity index (χ0) is 15.4. The topological polar surface area (TPSA) is 108 Å². The molecule has 9 heteroatoms. The monoisotopic (exact) mass is 291 g/mol. The summed E-state index contributed by atoms with van der Waals surface area (Å²) in [4.78, 5) is 11.7. The van der Waals surface area contributed by atoms with Gasteiger partial charge in [0.1, 0.15) is 0 Å². The number of phenolic OH excluding ortho intramolecular Hbond substituents is 1. The molecule has 0 radical (unpaired) electrons. The first kappa shape index (κ1) is 15.6. The Bertz CT molecular complexity index is 564. The van der Waals surface area contributed by atoms with E-state index in [1.807, 2.05) is 0 Å². The molecule has 1 amide bonds. The fourth-order valence-electron chi connectivity index (χ4n) is 1.45. The van der Waals surface area contributed by atoms with Crippen LogP contribution in [0.5, 0.6) is 5.75 Å². The maximum atomic E-state index is 13.5. The van der Waals surface area contributed by atoms with Gasteiger partial charge >= 0.3 is 0 Å². The van der Waals surface area contributed by atoms with E-state index in [9.17, 15) is 18.0 Å². The maximum absolute atomic E-state index is 13.5. The number of oxime groups is 1. The summed E-state index contributed by atoms with van der Waals surface area (Å²) in [6.07, 6.45) is 0.207. The van der Waals surface area contributed by atoms with Gasteiger partial charge in [-0.1, -0.05) is 12.1 Å². The van der Waals surface area contributed by atoms with E-state index in [1.165, 1.54) is 0 Å². The van der Waals surface area contributed by atoms with Gasteiger partial charge in [0.15, 0.2) is 23.2 Å². The molecule has 5 N–H and O–H groups in total. The average molecular weight is 291 g/mol. The van der Waals surface area contributed by atoms with Crippen LogP contribution in [0.2, 0.25) is 0 Å². The van der Waals surface area contributed by atoms with E-state index in [1.54, 1.807) is 6.92 Å². The van der Waals surface area contributed by atoms with Gasteiger partial charge < -0.3 is 21.4 Å². The molecule has 1 atom stereocenters. The van der Waals surface area contributed by atoms with Crippen molar-refractivity contribution in [3.63, 3.8) is 0 Å². The van der Waals surface area contributed by atoms with Crippen LogP contribution in [-0.4, -0.2) is 28.1 Å². The minimum absolute atomic E-state index is 0.207. The van der Waals surface area contributed by atoms with E-state index in [0.717, 1.165) is 0 Å². The summed E-state index contributed by atoms with van der Waals surface area (Å²) in [5, 5.41) is 22.3. The van der Waals surface area contributed by atoms with Crippen LogP contribution in [0.1, 0.15) is 23.7 Å². The van der Waals surface area contributed by atoms with Gasteiger partial charge in [-0.05, 0) is 12.5 Å². The van der Waals surface area contributed by atoms with E-state index >= 15 is 0 Å². The molecule has 0 aliphatic heterocycles. The van der Waals surface area contributed by atoms with E-state index in [4.69, 9.17) is 16.0 Å². The van der Waals surface area contributed by atoms with E-state index < -0.39 is 40.7 Å². The molecular weight excluding hydrogens is 279 g/mol. The highest BCUT2D eigenvalue weighted by Gasteiger charge is 2.24. The average Bonchev–Trinajstić information content (AvgIpc) is 2.45. The molecule has 0 aliphatic carbocycles. The van der Waals surface area contributed by atoms with Gasteiger partial charge in [0, 0.05) is 0 Å². The van der Waals surface area contributed by atoms with Crippen molar-refractivity contribution in [2.45, 2.75) is 19.4 Å². The molecule has 0 saturated carbocycles. The van der Waals surface area contributed by atoms with Gasteiger partial charge in [-0.2, -0.15) is 4.39 Å². The van der Waals surface area contributed by atoms with Gasteiger partial charge in [0.25, 0.3) is 5.91 Å². The summed E-state index contributed by atoms with van der Waals surface area (Å²) in [5.41, 5.74) is 4.39. The molecule has 6 nitrogen and oxygen atoms in total. The number of aromatic hydroxyl groups is 1. The molecule has 0 bridgehead atoms. The minimum atomic E-state index is -1.79. The molecule has 0 fully saturated rings. The van der Waals surface area contributed by atoms with E-state index in [-0.39, 0.29) is 12.3 Å². The number of benzene rings is 1. The highest BCUT2D eigenvalue weighted by atomic mass is 19.2. The van der Waals surface area contributed by atoms with Crippen LogP contribution in [0.15, 0.2) is 11.2 Å². The van der Waals surface area contributed by atoms with Crippen LogP contribution in [0.4, 0.5) is 13.2 Å². The van der Waals surface area contributed by atoms with Crippen LogP contribution in [0.25, 0.3) is 0 Å². The molecule has 1 aromatic rings. The molecule has 0 aromatic heterocycles. The third-order valence-electron chi connectivity index (χ3n) is 2.56. The van der Waals surface area contributed by atoms with Crippen LogP contribution in [-0.2, 0) is 0 Å². The molecular formula is C11H12F3N3O3. The quantitative estimate of drug-likeness (QED) is 0.219. The number of carbonyl (C=O) groups is 1. The number of nitrogens with one attached hydrogen (secondary N) is 1. The van der Waals surface area contributed by atoms with Crippen molar-refractivity contribution in [3.8, 4) is 5.75 Å². The van der Waals surface area contributed by atoms with Crippen LogP contribution >= 0.6 is 0 Å². The Morgan fingerprint density at radius 3 is 2.55 bits per heavy atom. The Labute approximate surface area is 111 Å². The summed E-state index contributed by atoms with van der Waals surface area (Å²) >= 11 is 0. The molecule has 1 unspecified atom stereocenters. The second-order valence-corrected chi connectivity index (χ2v) is 3.84. The van der Waals surface area contributed by atoms with Crippen molar-refractivity contribution in [1.82, 2.24) is 5.32 Å². The van der Waals surface area contributed by atoms with Crippen molar-refractivity contribution in [2.75, 3.05) is 0 Å². The minimum Gasteiger partial charge on any atom is -0.503 e. The highest BCUT2D eigenvalue weighted by Crippen LogP contribution is 2.25. The summed E-state index contributed by atoms with van der Waals surface area (Å²) in [7, 11) is 0. The van der Waals surface area contributed by atoms with E-state index in [0.29, 0.717) is 6.07 Å². The Balaban J connectivity index is 3.10. The number of nitrogens with two attached hydrogens (primary N) is 1. The van der Waals surface area contributed by atoms with Crippen molar-refractivity contribution in [1.29, 1.82) is 0 Å². The number of rotatable bonds is 4. The zero-order valence-electron chi connectivity index (χ0n) is 10.3. The number of halogens is 3. The number of amides is 1. The lowest BCUT2D eigenvalue weighted by Gasteiger charge is -2.15. The molecule has 0 aliphatic rings. The lowest BCUT2D eigenvalue weighted by molar-refractivity contribution is 0.0939. The van der Waals surface area contributed by atoms with Crippen LogP contribution in [0.3, 0.4) is 0 Å². The number of phenols is 1. The fraction of sp³-hybridized carbons (Fsp3) is 0.273. The van der Waals surface area contributed by atoms with Crippen molar-refractivity contribution in [3.05, 3.63) is 29.1 Å². The molecule has 1 rings (SSSR count). The first-order chi connectivity index (χ1) is 9.33. The molecule has 20 heavy (non-hydrogen) atoms. The summed E-state index contributed by atoms with van der Waals surface area (Å²) in [6, 6.07) is -0.624.